The zero-order chi connectivity index (χ0) is 21.5. The van der Waals surface area contributed by atoms with Crippen LogP contribution in [0.3, 0.4) is 0 Å². The highest BCUT2D eigenvalue weighted by molar-refractivity contribution is 8.00. The van der Waals surface area contributed by atoms with E-state index in [1.165, 1.54) is 18.7 Å². The van der Waals surface area contributed by atoms with Gasteiger partial charge in [0.25, 0.3) is 0 Å². The molecule has 3 aromatic rings. The minimum atomic E-state index is -0.456. The summed E-state index contributed by atoms with van der Waals surface area (Å²) in [6.07, 6.45) is 0. The largest absolute Gasteiger partial charge is 0.495 e. The first kappa shape index (κ1) is 21.5. The molecule has 2 N–H and O–H groups in total. The van der Waals surface area contributed by atoms with Gasteiger partial charge in [-0.1, -0.05) is 36.4 Å². The van der Waals surface area contributed by atoms with Crippen molar-refractivity contribution in [2.75, 3.05) is 17.7 Å². The number of benzene rings is 3. The third kappa shape index (κ3) is 5.64. The number of amides is 2. The Kier molecular flexibility index (Phi) is 7.14. The summed E-state index contributed by atoms with van der Waals surface area (Å²) in [7, 11) is 1.58. The first-order valence-electron chi connectivity index (χ1n) is 9.51. The third-order valence-corrected chi connectivity index (χ3v) is 5.65. The molecule has 154 valence electrons. The van der Waals surface area contributed by atoms with Crippen molar-refractivity contribution in [3.05, 3.63) is 83.9 Å². The van der Waals surface area contributed by atoms with Crippen molar-refractivity contribution in [2.24, 2.45) is 0 Å². The van der Waals surface area contributed by atoms with Crippen LogP contribution < -0.4 is 15.4 Å². The SMILES string of the molecule is COc1ccc(C)cc1NC(=O)[C@@H](Sc1ccc(NC(C)=O)cc1)c1ccccc1. The molecule has 6 heteroatoms. The summed E-state index contributed by atoms with van der Waals surface area (Å²) in [6, 6.07) is 22.8. The smallest absolute Gasteiger partial charge is 0.242 e. The van der Waals surface area contributed by atoms with E-state index in [4.69, 9.17) is 4.74 Å². The lowest BCUT2D eigenvalue weighted by atomic mass is 10.1. The Morgan fingerprint density at radius 3 is 2.27 bits per heavy atom. The topological polar surface area (TPSA) is 67.4 Å². The van der Waals surface area contributed by atoms with Gasteiger partial charge in [0.15, 0.2) is 0 Å². The predicted molar refractivity (Wildman–Crippen MR) is 122 cm³/mol. The van der Waals surface area contributed by atoms with E-state index < -0.39 is 5.25 Å². The van der Waals surface area contributed by atoms with E-state index in [-0.39, 0.29) is 11.8 Å². The Labute approximate surface area is 180 Å². The van der Waals surface area contributed by atoms with Crippen molar-refractivity contribution < 1.29 is 14.3 Å². The van der Waals surface area contributed by atoms with Crippen LogP contribution in [0.1, 0.15) is 23.3 Å². The maximum Gasteiger partial charge on any atom is 0.242 e. The molecule has 0 fully saturated rings. The quantitative estimate of drug-likeness (QED) is 0.500. The average molecular weight is 421 g/mol. The molecule has 1 atom stereocenters. The lowest BCUT2D eigenvalue weighted by Crippen LogP contribution is -2.19. The number of anilines is 2. The van der Waals surface area contributed by atoms with Crippen molar-refractivity contribution >= 4 is 35.0 Å². The summed E-state index contributed by atoms with van der Waals surface area (Å²) in [5.41, 5.74) is 3.29. The zero-order valence-electron chi connectivity index (χ0n) is 17.1. The summed E-state index contributed by atoms with van der Waals surface area (Å²) in [6.45, 7) is 3.44. The minimum absolute atomic E-state index is 0.121. The van der Waals surface area contributed by atoms with Crippen molar-refractivity contribution in [3.63, 3.8) is 0 Å². The molecule has 0 bridgehead atoms. The molecular formula is C24H24N2O3S. The first-order chi connectivity index (χ1) is 14.5. The Morgan fingerprint density at radius 1 is 0.933 bits per heavy atom. The zero-order valence-corrected chi connectivity index (χ0v) is 18.0. The molecule has 0 saturated heterocycles. The van der Waals surface area contributed by atoms with Gasteiger partial charge in [-0.3, -0.25) is 9.59 Å². The highest BCUT2D eigenvalue weighted by atomic mass is 32.2. The number of thioether (sulfide) groups is 1. The van der Waals surface area contributed by atoms with Crippen LogP contribution in [-0.4, -0.2) is 18.9 Å². The minimum Gasteiger partial charge on any atom is -0.495 e. The van der Waals surface area contributed by atoms with Crippen LogP contribution in [0.15, 0.2) is 77.7 Å². The fourth-order valence-corrected chi connectivity index (χ4v) is 4.00. The van der Waals surface area contributed by atoms with Crippen molar-refractivity contribution in [2.45, 2.75) is 24.0 Å². The Morgan fingerprint density at radius 2 is 1.63 bits per heavy atom. The molecule has 0 aliphatic carbocycles. The van der Waals surface area contributed by atoms with Gasteiger partial charge in [-0.25, -0.2) is 0 Å². The fraction of sp³-hybridized carbons (Fsp3) is 0.167. The highest BCUT2D eigenvalue weighted by Crippen LogP contribution is 2.37. The van der Waals surface area contributed by atoms with Gasteiger partial charge >= 0.3 is 0 Å². The van der Waals surface area contributed by atoms with Crippen molar-refractivity contribution in [3.8, 4) is 5.75 Å². The molecule has 0 aromatic heterocycles. The standard InChI is InChI=1S/C24H24N2O3S/c1-16-9-14-22(29-3)21(15-16)26-24(28)23(18-7-5-4-6-8-18)30-20-12-10-19(11-13-20)25-17(2)27/h4-15,23H,1-3H3,(H,25,27)(H,26,28)/t23-/m0/s1. The molecule has 5 nitrogen and oxygen atoms in total. The van der Waals surface area contributed by atoms with Gasteiger partial charge < -0.3 is 15.4 Å². The normalized spacial score (nSPS) is 11.4. The van der Waals surface area contributed by atoms with E-state index in [0.29, 0.717) is 11.4 Å². The molecule has 2 amide bonds. The van der Waals surface area contributed by atoms with E-state index in [2.05, 4.69) is 10.6 Å². The fourth-order valence-electron chi connectivity index (χ4n) is 2.97. The molecule has 3 aromatic carbocycles. The molecule has 0 unspecified atom stereocenters. The molecule has 0 radical (unpaired) electrons. The van der Waals surface area contributed by atoms with E-state index in [0.717, 1.165) is 21.7 Å². The maximum absolute atomic E-state index is 13.3. The van der Waals surface area contributed by atoms with Gasteiger partial charge in [0, 0.05) is 17.5 Å². The van der Waals surface area contributed by atoms with Gasteiger partial charge in [0.05, 0.1) is 12.8 Å². The van der Waals surface area contributed by atoms with Gasteiger partial charge in [0.1, 0.15) is 11.0 Å². The molecule has 0 spiro atoms. The summed E-state index contributed by atoms with van der Waals surface area (Å²) in [5, 5.41) is 5.31. The van der Waals surface area contributed by atoms with Crippen LogP contribution in [0.4, 0.5) is 11.4 Å². The van der Waals surface area contributed by atoms with Crippen LogP contribution >= 0.6 is 11.8 Å². The third-order valence-electron chi connectivity index (χ3n) is 4.38. The van der Waals surface area contributed by atoms with Gasteiger partial charge in [-0.15, -0.1) is 11.8 Å². The van der Waals surface area contributed by atoms with Crippen molar-refractivity contribution in [1.82, 2.24) is 0 Å². The first-order valence-corrected chi connectivity index (χ1v) is 10.4. The van der Waals surface area contributed by atoms with Crippen molar-refractivity contribution in [1.29, 1.82) is 0 Å². The second kappa shape index (κ2) is 9.98. The number of rotatable bonds is 7. The van der Waals surface area contributed by atoms with E-state index in [9.17, 15) is 9.59 Å². The highest BCUT2D eigenvalue weighted by Gasteiger charge is 2.23. The average Bonchev–Trinajstić information content (AvgIpc) is 2.73. The van der Waals surface area contributed by atoms with E-state index in [1.807, 2.05) is 79.7 Å². The van der Waals surface area contributed by atoms with Crippen LogP contribution in [0, 0.1) is 6.92 Å². The molecule has 3 rings (SSSR count). The number of aryl methyl sites for hydroxylation is 1. The number of hydrogen-bond donors (Lipinski definition) is 2. The molecule has 0 aliphatic rings. The molecule has 0 aliphatic heterocycles. The number of carbonyl (C=O) groups is 2. The van der Waals surface area contributed by atoms with Gasteiger partial charge in [-0.2, -0.15) is 0 Å². The summed E-state index contributed by atoms with van der Waals surface area (Å²) < 4.78 is 5.39. The lowest BCUT2D eigenvalue weighted by molar-refractivity contribution is -0.116. The van der Waals surface area contributed by atoms with Crippen LogP contribution in [0.5, 0.6) is 5.75 Å². The van der Waals surface area contributed by atoms with Crippen LogP contribution in [-0.2, 0) is 9.59 Å². The molecule has 0 heterocycles. The Balaban J connectivity index is 1.85. The van der Waals surface area contributed by atoms with E-state index >= 15 is 0 Å². The van der Waals surface area contributed by atoms with Crippen LogP contribution in [0.2, 0.25) is 0 Å². The Hall–Kier alpha value is -3.25. The molecule has 30 heavy (non-hydrogen) atoms. The maximum atomic E-state index is 13.3. The number of nitrogens with one attached hydrogen (secondary N) is 2. The number of methoxy groups -OCH3 is 1. The predicted octanol–water partition coefficient (Wildman–Crippen LogP) is 5.43. The summed E-state index contributed by atoms with van der Waals surface area (Å²) >= 11 is 1.45. The monoisotopic (exact) mass is 420 g/mol. The summed E-state index contributed by atoms with van der Waals surface area (Å²) in [5.74, 6) is 0.357. The lowest BCUT2D eigenvalue weighted by Gasteiger charge is -2.19. The van der Waals surface area contributed by atoms with Gasteiger partial charge in [0.2, 0.25) is 11.8 Å². The molecule has 0 saturated carbocycles. The summed E-state index contributed by atoms with van der Waals surface area (Å²) in [4.78, 5) is 25.4. The Bertz CT molecular complexity index is 1020. The number of ether oxygens (including phenoxy) is 1. The van der Waals surface area contributed by atoms with Crippen LogP contribution in [0.25, 0.3) is 0 Å². The number of hydrogen-bond acceptors (Lipinski definition) is 4. The van der Waals surface area contributed by atoms with E-state index in [1.54, 1.807) is 7.11 Å². The van der Waals surface area contributed by atoms with Gasteiger partial charge in [-0.05, 0) is 54.4 Å². The number of carbonyl (C=O) groups excluding carboxylic acids is 2. The molecular weight excluding hydrogens is 396 g/mol. The second-order valence-corrected chi connectivity index (χ2v) is 7.99. The second-order valence-electron chi connectivity index (χ2n) is 6.81.